The molecule has 0 aliphatic carbocycles. The Bertz CT molecular complexity index is 699. The molecule has 0 aromatic heterocycles. The maximum absolute atomic E-state index is 9.32. The lowest BCUT2D eigenvalue weighted by Gasteiger charge is -2.13. The average Bonchev–Trinajstić information content (AvgIpc) is 2.46. The van der Waals surface area contributed by atoms with Gasteiger partial charge in [-0.3, -0.25) is 0 Å². The summed E-state index contributed by atoms with van der Waals surface area (Å²) < 4.78 is 5.98. The van der Waals surface area contributed by atoms with Gasteiger partial charge in [0.1, 0.15) is 17.6 Å². The zero-order valence-corrected chi connectivity index (χ0v) is 12.9. The van der Waals surface area contributed by atoms with Gasteiger partial charge in [0.15, 0.2) is 0 Å². The molecule has 0 aliphatic heterocycles. The van der Waals surface area contributed by atoms with E-state index in [1.54, 1.807) is 0 Å². The van der Waals surface area contributed by atoms with E-state index in [0.29, 0.717) is 11.3 Å². The fourth-order valence-corrected chi connectivity index (χ4v) is 2.29. The van der Waals surface area contributed by atoms with Gasteiger partial charge in [-0.2, -0.15) is 5.26 Å². The molecule has 108 valence electrons. The molecule has 0 radical (unpaired) electrons. The van der Waals surface area contributed by atoms with Gasteiger partial charge in [0.25, 0.3) is 0 Å². The Labute approximate surface area is 126 Å². The van der Waals surface area contributed by atoms with Gasteiger partial charge < -0.3 is 10.1 Å². The van der Waals surface area contributed by atoms with Crippen molar-refractivity contribution in [2.45, 2.75) is 27.3 Å². The molecular weight excluding hydrogens is 260 g/mol. The van der Waals surface area contributed by atoms with Gasteiger partial charge >= 0.3 is 0 Å². The molecule has 3 nitrogen and oxygen atoms in total. The molecule has 0 unspecified atom stereocenters. The van der Waals surface area contributed by atoms with Crippen molar-refractivity contribution in [1.82, 2.24) is 5.32 Å². The van der Waals surface area contributed by atoms with Crippen LogP contribution >= 0.6 is 0 Å². The number of nitrogens with zero attached hydrogens (tertiary/aromatic N) is 1. The highest BCUT2D eigenvalue weighted by molar-refractivity contribution is 5.50. The molecule has 0 aliphatic rings. The topological polar surface area (TPSA) is 45.0 Å². The van der Waals surface area contributed by atoms with Crippen LogP contribution in [0.3, 0.4) is 0 Å². The number of benzene rings is 2. The molecule has 2 aromatic rings. The van der Waals surface area contributed by atoms with Crippen LogP contribution in [-0.2, 0) is 6.54 Å². The van der Waals surface area contributed by atoms with Crippen molar-refractivity contribution in [2.24, 2.45) is 0 Å². The van der Waals surface area contributed by atoms with Crippen LogP contribution in [0.25, 0.3) is 0 Å². The Kier molecular flexibility index (Phi) is 4.62. The van der Waals surface area contributed by atoms with Crippen LogP contribution in [0, 0.1) is 32.1 Å². The third kappa shape index (κ3) is 3.42. The second-order valence-corrected chi connectivity index (χ2v) is 5.28. The Balaban J connectivity index is 2.38. The van der Waals surface area contributed by atoms with Gasteiger partial charge in [-0.05, 0) is 68.3 Å². The van der Waals surface area contributed by atoms with Gasteiger partial charge in [0.05, 0.1) is 5.56 Å². The highest BCUT2D eigenvalue weighted by atomic mass is 16.5. The molecule has 0 fully saturated rings. The summed E-state index contributed by atoms with van der Waals surface area (Å²) in [6.07, 6.45) is 0. The van der Waals surface area contributed by atoms with Crippen molar-refractivity contribution in [3.05, 3.63) is 58.1 Å². The summed E-state index contributed by atoms with van der Waals surface area (Å²) in [5.74, 6) is 1.41. The molecule has 1 N–H and O–H groups in total. The second kappa shape index (κ2) is 6.43. The van der Waals surface area contributed by atoms with Crippen molar-refractivity contribution < 1.29 is 4.74 Å². The molecular formula is C18H20N2O. The van der Waals surface area contributed by atoms with Crippen molar-refractivity contribution in [2.75, 3.05) is 7.05 Å². The fourth-order valence-electron chi connectivity index (χ4n) is 2.29. The quantitative estimate of drug-likeness (QED) is 0.920. The molecule has 0 heterocycles. The van der Waals surface area contributed by atoms with E-state index in [4.69, 9.17) is 4.74 Å². The zero-order valence-electron chi connectivity index (χ0n) is 12.9. The first-order chi connectivity index (χ1) is 10.0. The summed E-state index contributed by atoms with van der Waals surface area (Å²) in [6, 6.07) is 12.0. The minimum Gasteiger partial charge on any atom is -0.456 e. The van der Waals surface area contributed by atoms with E-state index >= 15 is 0 Å². The smallest absolute Gasteiger partial charge is 0.145 e. The molecule has 2 rings (SSSR count). The number of aryl methyl sites for hydroxylation is 2. The maximum atomic E-state index is 9.32. The first-order valence-electron chi connectivity index (χ1n) is 6.98. The number of nitriles is 1. The van der Waals surface area contributed by atoms with Crippen molar-refractivity contribution in [1.29, 1.82) is 5.26 Å². The molecule has 0 saturated heterocycles. The van der Waals surface area contributed by atoms with Crippen molar-refractivity contribution in [3.8, 4) is 17.6 Å². The Morgan fingerprint density at radius 2 is 1.86 bits per heavy atom. The SMILES string of the molecule is CNCc1ccc(Oc2cc(C)cc(C)c2C)c(C#N)c1. The summed E-state index contributed by atoms with van der Waals surface area (Å²) in [5.41, 5.74) is 5.07. The lowest BCUT2D eigenvalue weighted by atomic mass is 10.1. The van der Waals surface area contributed by atoms with E-state index < -0.39 is 0 Å². The van der Waals surface area contributed by atoms with Crippen LogP contribution in [0.1, 0.15) is 27.8 Å². The van der Waals surface area contributed by atoms with Crippen LogP contribution in [0.4, 0.5) is 0 Å². The Morgan fingerprint density at radius 1 is 1.10 bits per heavy atom. The van der Waals surface area contributed by atoms with Crippen LogP contribution in [0.5, 0.6) is 11.5 Å². The first kappa shape index (κ1) is 15.1. The van der Waals surface area contributed by atoms with Gasteiger partial charge in [0.2, 0.25) is 0 Å². The van der Waals surface area contributed by atoms with E-state index in [-0.39, 0.29) is 0 Å². The normalized spacial score (nSPS) is 10.2. The van der Waals surface area contributed by atoms with E-state index in [9.17, 15) is 5.26 Å². The number of hydrogen-bond donors (Lipinski definition) is 1. The second-order valence-electron chi connectivity index (χ2n) is 5.28. The number of nitrogens with one attached hydrogen (secondary N) is 1. The van der Waals surface area contributed by atoms with Crippen LogP contribution < -0.4 is 10.1 Å². The average molecular weight is 280 g/mol. The van der Waals surface area contributed by atoms with Crippen LogP contribution in [0.2, 0.25) is 0 Å². The molecule has 0 bridgehead atoms. The molecule has 0 amide bonds. The van der Waals surface area contributed by atoms with Crippen LogP contribution in [-0.4, -0.2) is 7.05 Å². The molecule has 0 atom stereocenters. The highest BCUT2D eigenvalue weighted by Crippen LogP contribution is 2.30. The third-order valence-electron chi connectivity index (χ3n) is 3.53. The highest BCUT2D eigenvalue weighted by Gasteiger charge is 2.09. The molecule has 2 aromatic carbocycles. The molecule has 0 saturated carbocycles. The summed E-state index contributed by atoms with van der Waals surface area (Å²) in [7, 11) is 1.88. The number of hydrogen-bond acceptors (Lipinski definition) is 3. The van der Waals surface area contributed by atoms with E-state index in [0.717, 1.165) is 29.0 Å². The predicted octanol–water partition coefficient (Wildman–Crippen LogP) is 4.00. The summed E-state index contributed by atoms with van der Waals surface area (Å²) in [5, 5.41) is 12.4. The Morgan fingerprint density at radius 3 is 2.52 bits per heavy atom. The monoisotopic (exact) mass is 280 g/mol. The van der Waals surface area contributed by atoms with Crippen molar-refractivity contribution in [3.63, 3.8) is 0 Å². The van der Waals surface area contributed by atoms with E-state index in [1.807, 2.05) is 45.2 Å². The van der Waals surface area contributed by atoms with E-state index in [2.05, 4.69) is 24.4 Å². The largest absolute Gasteiger partial charge is 0.456 e. The zero-order chi connectivity index (χ0) is 15.4. The minimum absolute atomic E-state index is 0.557. The molecule has 21 heavy (non-hydrogen) atoms. The lowest BCUT2D eigenvalue weighted by molar-refractivity contribution is 0.476. The van der Waals surface area contributed by atoms with Gasteiger partial charge in [-0.1, -0.05) is 12.1 Å². The lowest BCUT2D eigenvalue weighted by Crippen LogP contribution is -2.05. The third-order valence-corrected chi connectivity index (χ3v) is 3.53. The number of rotatable bonds is 4. The summed E-state index contributed by atoms with van der Waals surface area (Å²) in [6.45, 7) is 6.88. The van der Waals surface area contributed by atoms with Gasteiger partial charge in [-0.15, -0.1) is 0 Å². The first-order valence-corrected chi connectivity index (χ1v) is 6.98. The predicted molar refractivity (Wildman–Crippen MR) is 84.6 cm³/mol. The van der Waals surface area contributed by atoms with Gasteiger partial charge in [-0.25, -0.2) is 0 Å². The summed E-state index contributed by atoms with van der Waals surface area (Å²) >= 11 is 0. The minimum atomic E-state index is 0.557. The van der Waals surface area contributed by atoms with Crippen molar-refractivity contribution >= 4 is 0 Å². The van der Waals surface area contributed by atoms with E-state index in [1.165, 1.54) is 5.56 Å². The standard InChI is InChI=1S/C18H20N2O/c1-12-7-13(2)14(3)18(8-12)21-17-6-5-15(11-20-4)9-16(17)10-19/h5-9,20H,11H2,1-4H3. The molecule has 3 heteroatoms. The summed E-state index contributed by atoms with van der Waals surface area (Å²) in [4.78, 5) is 0. The Hall–Kier alpha value is -2.31. The number of ether oxygens (including phenoxy) is 1. The molecule has 0 spiro atoms. The fraction of sp³-hybridized carbons (Fsp3) is 0.278. The van der Waals surface area contributed by atoms with Gasteiger partial charge in [0, 0.05) is 6.54 Å². The van der Waals surface area contributed by atoms with Crippen LogP contribution in [0.15, 0.2) is 30.3 Å². The maximum Gasteiger partial charge on any atom is 0.145 e.